The van der Waals surface area contributed by atoms with Gasteiger partial charge in [0.15, 0.2) is 0 Å². The van der Waals surface area contributed by atoms with Gasteiger partial charge in [-0.05, 0) is 42.9 Å². The standard InChI is InChI=1S/C14H17BrCl2/c15-12-5-3-1-2-4-11(12)8-10-6-7-13(16)14(17)9-10/h6-7,9,11-12H,1-5,8H2. The average Bonchev–Trinajstić information content (AvgIpc) is 2.50. The lowest BCUT2D eigenvalue weighted by Gasteiger charge is -2.20. The molecule has 3 heteroatoms. The van der Waals surface area contributed by atoms with Crippen molar-refractivity contribution >= 4 is 39.1 Å². The fourth-order valence-corrected chi connectivity index (χ4v) is 3.63. The Hall–Kier alpha value is 0.280. The van der Waals surface area contributed by atoms with Crippen molar-refractivity contribution in [3.63, 3.8) is 0 Å². The highest BCUT2D eigenvalue weighted by Gasteiger charge is 2.21. The van der Waals surface area contributed by atoms with Gasteiger partial charge in [0.25, 0.3) is 0 Å². The van der Waals surface area contributed by atoms with Gasteiger partial charge in [-0.2, -0.15) is 0 Å². The van der Waals surface area contributed by atoms with Crippen LogP contribution in [0.1, 0.15) is 37.7 Å². The smallest absolute Gasteiger partial charge is 0.0595 e. The summed E-state index contributed by atoms with van der Waals surface area (Å²) in [6, 6.07) is 6.01. The SMILES string of the molecule is Clc1ccc(CC2CCCCCC2Br)cc1Cl. The second kappa shape index (κ2) is 6.45. The Morgan fingerprint density at radius 2 is 1.82 bits per heavy atom. The van der Waals surface area contributed by atoms with Gasteiger partial charge in [0.2, 0.25) is 0 Å². The number of hydrogen-bond donors (Lipinski definition) is 0. The highest BCUT2D eigenvalue weighted by molar-refractivity contribution is 9.09. The lowest BCUT2D eigenvalue weighted by Crippen LogP contribution is -2.15. The van der Waals surface area contributed by atoms with E-state index in [4.69, 9.17) is 23.2 Å². The molecule has 1 aromatic rings. The molecule has 2 rings (SSSR count). The molecule has 1 saturated carbocycles. The first-order chi connectivity index (χ1) is 8.16. The van der Waals surface area contributed by atoms with Gasteiger partial charge in [0.05, 0.1) is 10.0 Å². The molecule has 1 fully saturated rings. The summed E-state index contributed by atoms with van der Waals surface area (Å²) in [5.74, 6) is 0.731. The molecule has 0 heterocycles. The molecule has 2 atom stereocenters. The zero-order chi connectivity index (χ0) is 12.3. The molecular weight excluding hydrogens is 319 g/mol. The van der Waals surface area contributed by atoms with E-state index < -0.39 is 0 Å². The monoisotopic (exact) mass is 334 g/mol. The molecule has 0 aliphatic heterocycles. The molecule has 0 bridgehead atoms. The van der Waals surface area contributed by atoms with Crippen molar-refractivity contribution in [3.05, 3.63) is 33.8 Å². The first-order valence-corrected chi connectivity index (χ1v) is 7.92. The lowest BCUT2D eigenvalue weighted by atomic mass is 9.92. The number of rotatable bonds is 2. The quantitative estimate of drug-likeness (QED) is 0.467. The van der Waals surface area contributed by atoms with Gasteiger partial charge >= 0.3 is 0 Å². The van der Waals surface area contributed by atoms with E-state index in [0.717, 1.165) is 12.3 Å². The van der Waals surface area contributed by atoms with E-state index in [0.29, 0.717) is 14.9 Å². The maximum atomic E-state index is 6.06. The van der Waals surface area contributed by atoms with Gasteiger partial charge in [0, 0.05) is 4.83 Å². The second-order valence-corrected chi connectivity index (χ2v) is 6.86. The van der Waals surface area contributed by atoms with Crippen LogP contribution >= 0.6 is 39.1 Å². The van der Waals surface area contributed by atoms with Crippen LogP contribution in [0.25, 0.3) is 0 Å². The third kappa shape index (κ3) is 3.87. The number of halogens is 3. The Morgan fingerprint density at radius 3 is 2.59 bits per heavy atom. The zero-order valence-electron chi connectivity index (χ0n) is 9.76. The maximum Gasteiger partial charge on any atom is 0.0595 e. The average molecular weight is 336 g/mol. The Labute approximate surface area is 122 Å². The summed E-state index contributed by atoms with van der Waals surface area (Å²) in [7, 11) is 0. The van der Waals surface area contributed by atoms with Crippen LogP contribution in [0.4, 0.5) is 0 Å². The van der Waals surface area contributed by atoms with Crippen molar-refractivity contribution in [2.24, 2.45) is 5.92 Å². The summed E-state index contributed by atoms with van der Waals surface area (Å²) >= 11 is 15.8. The van der Waals surface area contributed by atoms with Crippen molar-refractivity contribution in [1.29, 1.82) is 0 Å². The molecule has 0 nitrogen and oxygen atoms in total. The third-order valence-corrected chi connectivity index (χ3v) is 5.49. The molecule has 0 spiro atoms. The summed E-state index contributed by atoms with van der Waals surface area (Å²) in [5, 5.41) is 1.32. The Balaban J connectivity index is 2.05. The summed E-state index contributed by atoms with van der Waals surface area (Å²) in [5.41, 5.74) is 1.30. The Kier molecular flexibility index (Phi) is 5.20. The van der Waals surface area contributed by atoms with Gasteiger partial charge < -0.3 is 0 Å². The maximum absolute atomic E-state index is 6.06. The van der Waals surface area contributed by atoms with Crippen molar-refractivity contribution in [2.75, 3.05) is 0 Å². The largest absolute Gasteiger partial charge is 0.0888 e. The highest BCUT2D eigenvalue weighted by Crippen LogP contribution is 2.32. The number of hydrogen-bond acceptors (Lipinski definition) is 0. The summed E-state index contributed by atoms with van der Waals surface area (Å²) in [4.78, 5) is 0.652. The van der Waals surface area contributed by atoms with Gasteiger partial charge in [-0.25, -0.2) is 0 Å². The van der Waals surface area contributed by atoms with Crippen molar-refractivity contribution in [1.82, 2.24) is 0 Å². The van der Waals surface area contributed by atoms with Crippen LogP contribution in [0.15, 0.2) is 18.2 Å². The molecule has 0 saturated heterocycles. The molecule has 17 heavy (non-hydrogen) atoms. The molecule has 2 unspecified atom stereocenters. The predicted molar refractivity (Wildman–Crippen MR) is 79.5 cm³/mol. The van der Waals surface area contributed by atoms with Crippen LogP contribution in [0.5, 0.6) is 0 Å². The molecule has 0 radical (unpaired) electrons. The van der Waals surface area contributed by atoms with E-state index >= 15 is 0 Å². The third-order valence-electron chi connectivity index (χ3n) is 3.55. The molecule has 0 aromatic heterocycles. The summed E-state index contributed by atoms with van der Waals surface area (Å²) in [6.07, 6.45) is 7.80. The van der Waals surface area contributed by atoms with Gasteiger partial charge in [0.1, 0.15) is 0 Å². The zero-order valence-corrected chi connectivity index (χ0v) is 12.9. The summed E-state index contributed by atoms with van der Waals surface area (Å²) in [6.45, 7) is 0. The first kappa shape index (κ1) is 13.7. The summed E-state index contributed by atoms with van der Waals surface area (Å²) < 4.78 is 0. The fraction of sp³-hybridized carbons (Fsp3) is 0.571. The minimum Gasteiger partial charge on any atom is -0.0888 e. The molecule has 0 N–H and O–H groups in total. The Bertz CT molecular complexity index is 378. The lowest BCUT2D eigenvalue weighted by molar-refractivity contribution is 0.475. The molecule has 94 valence electrons. The first-order valence-electron chi connectivity index (χ1n) is 6.25. The predicted octanol–water partition coefficient (Wildman–Crippen LogP) is 5.88. The van der Waals surface area contributed by atoms with Gasteiger partial charge in [-0.3, -0.25) is 0 Å². The van der Waals surface area contributed by atoms with E-state index in [1.54, 1.807) is 0 Å². The topological polar surface area (TPSA) is 0 Å². The molecule has 1 aliphatic rings. The van der Waals surface area contributed by atoms with Gasteiger partial charge in [-0.1, -0.05) is 64.5 Å². The fourth-order valence-electron chi connectivity index (χ4n) is 2.54. The number of benzene rings is 1. The van der Waals surface area contributed by atoms with E-state index in [1.165, 1.54) is 37.7 Å². The van der Waals surface area contributed by atoms with Crippen LogP contribution < -0.4 is 0 Å². The van der Waals surface area contributed by atoms with E-state index in [9.17, 15) is 0 Å². The second-order valence-electron chi connectivity index (χ2n) is 4.87. The van der Waals surface area contributed by atoms with Crippen molar-refractivity contribution < 1.29 is 0 Å². The van der Waals surface area contributed by atoms with E-state index in [2.05, 4.69) is 22.0 Å². The minimum absolute atomic E-state index is 0.645. The normalized spacial score (nSPS) is 25.6. The number of alkyl halides is 1. The molecular formula is C14H17BrCl2. The van der Waals surface area contributed by atoms with Crippen LogP contribution in [0.3, 0.4) is 0 Å². The molecule has 1 aromatic carbocycles. The van der Waals surface area contributed by atoms with Crippen LogP contribution in [-0.2, 0) is 6.42 Å². The van der Waals surface area contributed by atoms with E-state index in [-0.39, 0.29) is 0 Å². The van der Waals surface area contributed by atoms with Gasteiger partial charge in [-0.15, -0.1) is 0 Å². The highest BCUT2D eigenvalue weighted by atomic mass is 79.9. The van der Waals surface area contributed by atoms with Crippen LogP contribution in [0, 0.1) is 5.92 Å². The van der Waals surface area contributed by atoms with Crippen molar-refractivity contribution in [3.8, 4) is 0 Å². The molecule has 0 amide bonds. The van der Waals surface area contributed by atoms with Crippen LogP contribution in [-0.4, -0.2) is 4.83 Å². The molecule has 1 aliphatic carbocycles. The van der Waals surface area contributed by atoms with E-state index in [1.807, 2.05) is 12.1 Å². The Morgan fingerprint density at radius 1 is 1.06 bits per heavy atom. The minimum atomic E-state index is 0.645. The van der Waals surface area contributed by atoms with Crippen LogP contribution in [0.2, 0.25) is 10.0 Å². The van der Waals surface area contributed by atoms with Crippen molar-refractivity contribution in [2.45, 2.75) is 43.4 Å².